The summed E-state index contributed by atoms with van der Waals surface area (Å²) in [6, 6.07) is 2.63. The van der Waals surface area contributed by atoms with Crippen LogP contribution in [0, 0.1) is 0 Å². The number of aromatic hydroxyl groups is 2. The Morgan fingerprint density at radius 1 is 0.872 bits per heavy atom. The maximum Gasteiger partial charge on any atom is 0.342 e. The number of rotatable bonds is 7. The Bertz CT molecular complexity index is 1170. The average Bonchev–Trinajstić information content (AvgIpc) is 2.91. The van der Waals surface area contributed by atoms with Gasteiger partial charge in [0.1, 0.15) is 17.1 Å². The average molecular weight is 568 g/mol. The fraction of sp³-hybridized carbons (Fsp3) is 0.481. The largest absolute Gasteiger partial charge is 0.507 e. The van der Waals surface area contributed by atoms with Crippen LogP contribution in [0.25, 0.3) is 0 Å². The van der Waals surface area contributed by atoms with Gasteiger partial charge in [-0.15, -0.1) is 0 Å². The highest BCUT2D eigenvalue weighted by atomic mass is 35.5. The smallest absolute Gasteiger partial charge is 0.342 e. The van der Waals surface area contributed by atoms with Crippen LogP contribution < -0.4 is 19.5 Å². The van der Waals surface area contributed by atoms with Gasteiger partial charge in [0.25, 0.3) is 0 Å². The van der Waals surface area contributed by atoms with Gasteiger partial charge in [-0.3, -0.25) is 4.79 Å². The molecular formula is C27H34ClNO10. The molecule has 2 bridgehead atoms. The van der Waals surface area contributed by atoms with Gasteiger partial charge in [-0.05, 0) is 44.1 Å². The van der Waals surface area contributed by atoms with Crippen LogP contribution in [0.3, 0.4) is 0 Å². The van der Waals surface area contributed by atoms with Crippen molar-refractivity contribution in [3.8, 4) is 28.7 Å². The second kappa shape index (κ2) is 14.7. The van der Waals surface area contributed by atoms with E-state index in [2.05, 4.69) is 5.32 Å². The molecule has 1 heterocycles. The number of phenols is 2. The number of methoxy groups -OCH3 is 3. The summed E-state index contributed by atoms with van der Waals surface area (Å²) in [5.74, 6) is -0.624. The van der Waals surface area contributed by atoms with Gasteiger partial charge < -0.3 is 44.0 Å². The molecule has 0 unspecified atom stereocenters. The standard InChI is InChI=1S/C27H34ClNO10/c1-34-14-38-21-12-18-25(39-15-35-2)17(26(21)36-3)9-6-7-11-37-27(33)23-16(8-4-5-10-22(32)29-18)24(28)20(31)13-19(23)30/h12-13,30-31H,4-11,14-15H2,1-3H3,(H,29,32). The summed E-state index contributed by atoms with van der Waals surface area (Å²) in [5.41, 5.74) is 1.21. The predicted octanol–water partition coefficient (Wildman–Crippen LogP) is 4.57. The molecule has 3 rings (SSSR count). The molecule has 214 valence electrons. The van der Waals surface area contributed by atoms with Gasteiger partial charge in [0.15, 0.2) is 30.8 Å². The second-order valence-electron chi connectivity index (χ2n) is 8.80. The number of benzene rings is 2. The number of hydrogen-bond acceptors (Lipinski definition) is 10. The number of ether oxygens (including phenoxy) is 6. The highest BCUT2D eigenvalue weighted by molar-refractivity contribution is 6.33. The summed E-state index contributed by atoms with van der Waals surface area (Å²) < 4.78 is 32.9. The first kappa shape index (κ1) is 30.1. The van der Waals surface area contributed by atoms with Crippen molar-refractivity contribution in [1.29, 1.82) is 0 Å². The van der Waals surface area contributed by atoms with Crippen molar-refractivity contribution in [1.82, 2.24) is 0 Å². The summed E-state index contributed by atoms with van der Waals surface area (Å²) in [4.78, 5) is 25.8. The van der Waals surface area contributed by atoms with Crippen LogP contribution in [0.15, 0.2) is 12.1 Å². The molecule has 2 aromatic rings. The number of nitrogens with one attached hydrogen (secondary N) is 1. The zero-order valence-corrected chi connectivity index (χ0v) is 23.0. The molecule has 11 nitrogen and oxygen atoms in total. The molecule has 12 heteroatoms. The van der Waals surface area contributed by atoms with E-state index in [0.29, 0.717) is 60.6 Å². The van der Waals surface area contributed by atoms with Crippen LogP contribution in [0.4, 0.5) is 5.69 Å². The molecule has 0 saturated carbocycles. The molecule has 3 N–H and O–H groups in total. The lowest BCUT2D eigenvalue weighted by molar-refractivity contribution is -0.116. The van der Waals surface area contributed by atoms with Gasteiger partial charge >= 0.3 is 5.97 Å². The highest BCUT2D eigenvalue weighted by Crippen LogP contribution is 2.45. The topological polar surface area (TPSA) is 142 Å². The molecule has 1 amide bonds. The molecule has 0 aliphatic carbocycles. The van der Waals surface area contributed by atoms with E-state index in [1.54, 1.807) is 6.07 Å². The normalized spacial score (nSPS) is 15.0. The first-order valence-corrected chi connectivity index (χ1v) is 12.9. The molecule has 0 fully saturated rings. The molecule has 1 aliphatic rings. The number of hydrogen-bond donors (Lipinski definition) is 3. The molecule has 1 aliphatic heterocycles. The Balaban J connectivity index is 1.98. The number of cyclic esters (lactones) is 1. The van der Waals surface area contributed by atoms with E-state index >= 15 is 0 Å². The van der Waals surface area contributed by atoms with Crippen LogP contribution in [-0.2, 0) is 31.8 Å². The zero-order valence-electron chi connectivity index (χ0n) is 22.3. The second-order valence-corrected chi connectivity index (χ2v) is 9.17. The number of carbonyl (C=O) groups excluding carboxylic acids is 2. The molecule has 0 spiro atoms. The number of amides is 1. The summed E-state index contributed by atoms with van der Waals surface area (Å²) in [5, 5.41) is 23.3. The maximum absolute atomic E-state index is 12.9. The Morgan fingerprint density at radius 3 is 2.26 bits per heavy atom. The van der Waals surface area contributed by atoms with E-state index in [4.69, 9.17) is 40.0 Å². The predicted molar refractivity (Wildman–Crippen MR) is 142 cm³/mol. The van der Waals surface area contributed by atoms with Crippen LogP contribution in [0.2, 0.25) is 5.02 Å². The highest BCUT2D eigenvalue weighted by Gasteiger charge is 2.25. The summed E-state index contributed by atoms with van der Waals surface area (Å²) in [6.07, 6.45) is 2.68. The molecule has 0 atom stereocenters. The quantitative estimate of drug-likeness (QED) is 0.321. The third-order valence-electron chi connectivity index (χ3n) is 6.08. The fourth-order valence-corrected chi connectivity index (χ4v) is 4.56. The minimum atomic E-state index is -0.745. The Hall–Kier alpha value is -3.41. The Kier molecular flexibility index (Phi) is 11.3. The summed E-state index contributed by atoms with van der Waals surface area (Å²) >= 11 is 6.27. The molecule has 0 aromatic heterocycles. The molecular weight excluding hydrogens is 534 g/mol. The number of halogens is 1. The van der Waals surface area contributed by atoms with E-state index in [9.17, 15) is 19.8 Å². The third kappa shape index (κ3) is 7.59. The number of anilines is 1. The van der Waals surface area contributed by atoms with Crippen molar-refractivity contribution in [2.75, 3.05) is 46.8 Å². The van der Waals surface area contributed by atoms with E-state index in [1.165, 1.54) is 21.3 Å². The molecule has 0 saturated heterocycles. The van der Waals surface area contributed by atoms with Crippen LogP contribution in [-0.4, -0.2) is 63.6 Å². The zero-order chi connectivity index (χ0) is 28.4. The SMILES string of the molecule is COCOc1cc2c(OCOC)c(c1OC)CCCCOC(=O)c1c(O)cc(O)c(Cl)c1CCCCC(=O)N2. The minimum absolute atomic E-state index is 0.0336. The van der Waals surface area contributed by atoms with Crippen LogP contribution in [0.1, 0.15) is 53.6 Å². The monoisotopic (exact) mass is 567 g/mol. The van der Waals surface area contributed by atoms with Crippen molar-refractivity contribution >= 4 is 29.2 Å². The Labute approximate surface area is 231 Å². The van der Waals surface area contributed by atoms with Crippen molar-refractivity contribution in [2.24, 2.45) is 0 Å². The molecule has 39 heavy (non-hydrogen) atoms. The van der Waals surface area contributed by atoms with Crippen molar-refractivity contribution in [3.05, 3.63) is 33.8 Å². The van der Waals surface area contributed by atoms with Crippen molar-refractivity contribution < 1.29 is 48.2 Å². The van der Waals surface area contributed by atoms with E-state index < -0.39 is 11.7 Å². The first-order valence-electron chi connectivity index (χ1n) is 12.5. The molecule has 0 radical (unpaired) electrons. The Morgan fingerprint density at radius 2 is 1.54 bits per heavy atom. The maximum atomic E-state index is 12.9. The molecule has 2 aromatic carbocycles. The van der Waals surface area contributed by atoms with Crippen LogP contribution in [0.5, 0.6) is 28.7 Å². The number of carbonyl (C=O) groups is 2. The number of fused-ring (bicyclic) bond motifs is 3. The number of phenolic OH excluding ortho intramolecular Hbond substituents is 2. The summed E-state index contributed by atoms with van der Waals surface area (Å²) in [7, 11) is 4.48. The van der Waals surface area contributed by atoms with Gasteiger partial charge in [0.05, 0.1) is 24.4 Å². The first-order chi connectivity index (χ1) is 18.8. The lowest BCUT2D eigenvalue weighted by Crippen LogP contribution is -2.15. The van der Waals surface area contributed by atoms with Gasteiger partial charge in [0, 0.05) is 38.3 Å². The van der Waals surface area contributed by atoms with Gasteiger partial charge in [-0.2, -0.15) is 0 Å². The van der Waals surface area contributed by atoms with Gasteiger partial charge in [-0.1, -0.05) is 11.6 Å². The fourth-order valence-electron chi connectivity index (χ4n) is 4.32. The van der Waals surface area contributed by atoms with Crippen LogP contribution >= 0.6 is 11.6 Å². The van der Waals surface area contributed by atoms with Crippen molar-refractivity contribution in [2.45, 2.75) is 44.9 Å². The van der Waals surface area contributed by atoms with E-state index in [1.807, 2.05) is 0 Å². The lowest BCUT2D eigenvalue weighted by atomic mass is 9.99. The van der Waals surface area contributed by atoms with E-state index in [-0.39, 0.29) is 60.8 Å². The van der Waals surface area contributed by atoms with Gasteiger partial charge in [0.2, 0.25) is 5.91 Å². The van der Waals surface area contributed by atoms with Crippen molar-refractivity contribution in [3.63, 3.8) is 0 Å². The van der Waals surface area contributed by atoms with E-state index in [0.717, 1.165) is 6.07 Å². The minimum Gasteiger partial charge on any atom is -0.507 e. The van der Waals surface area contributed by atoms with Gasteiger partial charge in [-0.25, -0.2) is 4.79 Å². The lowest BCUT2D eigenvalue weighted by Gasteiger charge is -2.22. The number of esters is 1. The third-order valence-corrected chi connectivity index (χ3v) is 6.51. The summed E-state index contributed by atoms with van der Waals surface area (Å²) in [6.45, 7) is -0.0382.